The van der Waals surface area contributed by atoms with Crippen molar-refractivity contribution in [3.8, 4) is 0 Å². The van der Waals surface area contributed by atoms with Crippen molar-refractivity contribution >= 4 is 39.9 Å². The maximum Gasteiger partial charge on any atom is 0.131 e. The molecule has 0 radical (unpaired) electrons. The molecule has 0 spiro atoms. The van der Waals surface area contributed by atoms with Crippen molar-refractivity contribution in [2.24, 2.45) is 0 Å². The molecule has 2 rings (SSSR count). The molecule has 1 aromatic rings. The van der Waals surface area contributed by atoms with Crippen LogP contribution in [0, 0.1) is 3.57 Å². The van der Waals surface area contributed by atoms with Crippen LogP contribution in [-0.2, 0) is 0 Å². The summed E-state index contributed by atoms with van der Waals surface area (Å²) in [5.41, 5.74) is 1.21. The van der Waals surface area contributed by atoms with Gasteiger partial charge in [-0.3, -0.25) is 0 Å². The minimum atomic E-state index is 0.572. The van der Waals surface area contributed by atoms with Gasteiger partial charge in [0.25, 0.3) is 0 Å². The first-order chi connectivity index (χ1) is 7.70. The molecule has 0 unspecified atom stereocenters. The van der Waals surface area contributed by atoms with Crippen LogP contribution >= 0.6 is 34.2 Å². The Bertz CT molecular complexity index is 372. The molecule has 2 heterocycles. The van der Waals surface area contributed by atoms with E-state index >= 15 is 0 Å². The highest BCUT2D eigenvalue weighted by atomic mass is 127. The fourth-order valence-electron chi connectivity index (χ4n) is 2.08. The van der Waals surface area contributed by atoms with Gasteiger partial charge in [-0.15, -0.1) is 0 Å². The summed E-state index contributed by atoms with van der Waals surface area (Å²) in [6.07, 6.45) is 3.03. The van der Waals surface area contributed by atoms with Gasteiger partial charge >= 0.3 is 0 Å². The normalized spacial score (nSPS) is 20.4. The highest BCUT2D eigenvalue weighted by molar-refractivity contribution is 14.1. The number of rotatable bonds is 3. The monoisotopic (exact) mass is 351 g/mol. The van der Waals surface area contributed by atoms with Crippen LogP contribution in [0.1, 0.15) is 13.3 Å². The van der Waals surface area contributed by atoms with E-state index in [1.165, 1.54) is 15.7 Å². The average Bonchev–Trinajstić information content (AvgIpc) is 2.71. The number of pyridine rings is 1. The number of nitrogens with one attached hydrogen (secondary N) is 1. The third-order valence-electron chi connectivity index (χ3n) is 2.82. The van der Waals surface area contributed by atoms with Crippen molar-refractivity contribution in [1.82, 2.24) is 10.3 Å². The molecule has 0 aromatic carbocycles. The second-order valence-electron chi connectivity index (χ2n) is 3.95. The second kappa shape index (κ2) is 5.51. The number of hydrogen-bond acceptors (Lipinski definition) is 3. The lowest BCUT2D eigenvalue weighted by molar-refractivity contribution is 0.572. The molecule has 3 nitrogen and oxygen atoms in total. The van der Waals surface area contributed by atoms with Gasteiger partial charge in [-0.2, -0.15) is 0 Å². The van der Waals surface area contributed by atoms with E-state index in [1.807, 2.05) is 12.3 Å². The molecule has 1 aliphatic heterocycles. The Morgan fingerprint density at radius 2 is 2.50 bits per heavy atom. The van der Waals surface area contributed by atoms with Crippen LogP contribution in [0.2, 0.25) is 5.15 Å². The van der Waals surface area contributed by atoms with Crippen molar-refractivity contribution in [2.45, 2.75) is 19.4 Å². The number of nitrogens with zero attached hydrogens (tertiary/aromatic N) is 2. The number of likely N-dealkylation sites (N-methyl/N-ethyl adjacent to an activating group) is 1. The van der Waals surface area contributed by atoms with Gasteiger partial charge in [-0.1, -0.05) is 18.5 Å². The zero-order valence-corrected chi connectivity index (χ0v) is 12.1. The number of halogens is 2. The van der Waals surface area contributed by atoms with Crippen molar-refractivity contribution in [3.63, 3.8) is 0 Å². The lowest BCUT2D eigenvalue weighted by Crippen LogP contribution is -2.32. The Morgan fingerprint density at radius 1 is 1.69 bits per heavy atom. The first kappa shape index (κ1) is 12.4. The van der Waals surface area contributed by atoms with Gasteiger partial charge in [-0.25, -0.2) is 4.98 Å². The predicted octanol–water partition coefficient (Wildman–Crippen LogP) is 2.53. The predicted molar refractivity (Wildman–Crippen MR) is 76.3 cm³/mol. The third kappa shape index (κ3) is 2.78. The molecule has 1 aliphatic rings. The molecule has 16 heavy (non-hydrogen) atoms. The molecular weight excluding hydrogens is 336 g/mol. The maximum absolute atomic E-state index is 5.94. The number of hydrogen-bond donors (Lipinski definition) is 1. The lowest BCUT2D eigenvalue weighted by Gasteiger charge is -2.20. The van der Waals surface area contributed by atoms with Crippen LogP contribution in [0.4, 0.5) is 5.69 Å². The zero-order chi connectivity index (χ0) is 11.5. The second-order valence-corrected chi connectivity index (χ2v) is 5.50. The quantitative estimate of drug-likeness (QED) is 0.670. The van der Waals surface area contributed by atoms with E-state index in [9.17, 15) is 0 Å². The van der Waals surface area contributed by atoms with E-state index < -0.39 is 0 Å². The van der Waals surface area contributed by atoms with Gasteiger partial charge in [0.15, 0.2) is 0 Å². The van der Waals surface area contributed by atoms with Crippen LogP contribution in [0.3, 0.4) is 0 Å². The SMILES string of the molecule is CCN[C@H]1CCN(c2cc(Cl)ncc2I)C1. The summed E-state index contributed by atoms with van der Waals surface area (Å²) in [5.74, 6) is 0. The molecule has 0 aliphatic carbocycles. The van der Waals surface area contributed by atoms with Crippen LogP contribution in [0.5, 0.6) is 0 Å². The number of anilines is 1. The fourth-order valence-corrected chi connectivity index (χ4v) is 2.87. The Morgan fingerprint density at radius 3 is 3.25 bits per heavy atom. The highest BCUT2D eigenvalue weighted by Gasteiger charge is 2.23. The summed E-state index contributed by atoms with van der Waals surface area (Å²) in [5, 5.41) is 4.06. The largest absolute Gasteiger partial charge is 0.369 e. The molecule has 1 fully saturated rings. The molecule has 1 aromatic heterocycles. The number of aromatic nitrogens is 1. The molecule has 1 saturated heterocycles. The Kier molecular flexibility index (Phi) is 4.27. The standard InChI is InChI=1S/C11H15ClIN3/c1-2-14-8-3-4-16(7-8)10-5-11(12)15-6-9(10)13/h5-6,8,14H,2-4,7H2,1H3/t8-/m0/s1. The molecule has 1 atom stereocenters. The Hall–Kier alpha value is -0.0700. The first-order valence-corrected chi connectivity index (χ1v) is 6.95. The smallest absolute Gasteiger partial charge is 0.131 e. The van der Waals surface area contributed by atoms with E-state index in [-0.39, 0.29) is 0 Å². The van der Waals surface area contributed by atoms with Crippen LogP contribution < -0.4 is 10.2 Å². The van der Waals surface area contributed by atoms with Crippen molar-refractivity contribution in [1.29, 1.82) is 0 Å². The first-order valence-electron chi connectivity index (χ1n) is 5.50. The van der Waals surface area contributed by atoms with Crippen LogP contribution in [-0.4, -0.2) is 30.7 Å². The van der Waals surface area contributed by atoms with Gasteiger partial charge in [-0.05, 0) is 41.6 Å². The maximum atomic E-state index is 5.94. The summed E-state index contributed by atoms with van der Waals surface area (Å²) < 4.78 is 1.17. The van der Waals surface area contributed by atoms with E-state index in [4.69, 9.17) is 11.6 Å². The van der Waals surface area contributed by atoms with E-state index in [0.717, 1.165) is 19.6 Å². The zero-order valence-electron chi connectivity index (χ0n) is 9.21. The van der Waals surface area contributed by atoms with Crippen molar-refractivity contribution < 1.29 is 0 Å². The highest BCUT2D eigenvalue weighted by Crippen LogP contribution is 2.27. The third-order valence-corrected chi connectivity index (χ3v) is 3.86. The van der Waals surface area contributed by atoms with Gasteiger partial charge in [0, 0.05) is 25.3 Å². The lowest BCUT2D eigenvalue weighted by atomic mass is 10.3. The molecule has 0 bridgehead atoms. The van der Waals surface area contributed by atoms with Gasteiger partial charge in [0.2, 0.25) is 0 Å². The van der Waals surface area contributed by atoms with Crippen LogP contribution in [0.15, 0.2) is 12.3 Å². The van der Waals surface area contributed by atoms with Crippen LogP contribution in [0.25, 0.3) is 0 Å². The topological polar surface area (TPSA) is 28.2 Å². The van der Waals surface area contributed by atoms with Gasteiger partial charge in [0.1, 0.15) is 5.15 Å². The van der Waals surface area contributed by atoms with Crippen molar-refractivity contribution in [3.05, 3.63) is 21.0 Å². The molecule has 1 N–H and O–H groups in total. The summed E-state index contributed by atoms with van der Waals surface area (Å²) in [6, 6.07) is 2.56. The van der Waals surface area contributed by atoms with Crippen molar-refractivity contribution in [2.75, 3.05) is 24.5 Å². The Labute approximate surface area is 115 Å². The summed E-state index contributed by atoms with van der Waals surface area (Å²) in [4.78, 5) is 6.46. The molecule has 0 amide bonds. The average molecular weight is 352 g/mol. The molecule has 5 heteroatoms. The van der Waals surface area contributed by atoms with E-state index in [1.54, 1.807) is 0 Å². The minimum absolute atomic E-state index is 0.572. The van der Waals surface area contributed by atoms with E-state index in [0.29, 0.717) is 11.2 Å². The molecule has 0 saturated carbocycles. The fraction of sp³-hybridized carbons (Fsp3) is 0.545. The molecular formula is C11H15ClIN3. The summed E-state index contributed by atoms with van der Waals surface area (Å²) in [6.45, 7) is 5.33. The molecule has 88 valence electrons. The van der Waals surface area contributed by atoms with Gasteiger partial charge < -0.3 is 10.2 Å². The summed E-state index contributed by atoms with van der Waals surface area (Å²) in [7, 11) is 0. The minimum Gasteiger partial charge on any atom is -0.369 e. The summed E-state index contributed by atoms with van der Waals surface area (Å²) >= 11 is 8.25. The Balaban J connectivity index is 2.11. The van der Waals surface area contributed by atoms with E-state index in [2.05, 4.69) is 44.7 Å². The van der Waals surface area contributed by atoms with Gasteiger partial charge in [0.05, 0.1) is 9.26 Å².